The van der Waals surface area contributed by atoms with Gasteiger partial charge in [0.15, 0.2) is 16.6 Å². The molecule has 0 radical (unpaired) electrons. The molecule has 0 unspecified atom stereocenters. The van der Waals surface area contributed by atoms with Crippen LogP contribution in [-0.4, -0.2) is 68.9 Å². The number of carboxylic acid groups (broad SMARTS) is 1. The first-order valence-electron chi connectivity index (χ1n) is 14.9. The van der Waals surface area contributed by atoms with Gasteiger partial charge >= 0.3 is 21.6 Å². The van der Waals surface area contributed by atoms with Crippen LogP contribution in [0, 0.1) is 0 Å². The number of halogens is 3. The number of nitrogens with two attached hydrogens (primary N) is 1. The summed E-state index contributed by atoms with van der Waals surface area (Å²) in [5, 5.41) is 16.4. The summed E-state index contributed by atoms with van der Waals surface area (Å²) < 4.78 is 70.4. The number of aliphatic carboxylic acids is 1. The average Bonchev–Trinajstić information content (AvgIpc) is 3.54. The number of carbonyl (C=O) groups excluding carboxylic acids is 2. The fraction of sp³-hybridized carbons (Fsp3) is 0.188. The Kier molecular flexibility index (Phi) is 9.25. The van der Waals surface area contributed by atoms with Crippen molar-refractivity contribution in [3.8, 4) is 0 Å². The number of carbonyl (C=O) groups is 3. The van der Waals surface area contributed by atoms with Crippen molar-refractivity contribution in [2.24, 2.45) is 5.16 Å². The van der Waals surface area contributed by atoms with E-state index in [9.17, 15) is 41.1 Å². The molecule has 19 heteroatoms. The summed E-state index contributed by atoms with van der Waals surface area (Å²) in [7, 11) is -6.23. The quantitative estimate of drug-likeness (QED) is 0.0507. The molecule has 264 valence electrons. The van der Waals surface area contributed by atoms with E-state index in [1.54, 1.807) is 36.4 Å². The van der Waals surface area contributed by atoms with E-state index in [2.05, 4.69) is 24.0 Å². The van der Waals surface area contributed by atoms with Gasteiger partial charge in [0.2, 0.25) is 17.1 Å². The van der Waals surface area contributed by atoms with Gasteiger partial charge in [-0.3, -0.25) is 14.5 Å². The minimum atomic E-state index is -6.23. The van der Waals surface area contributed by atoms with Crippen LogP contribution in [0.1, 0.15) is 35.4 Å². The molecule has 4 N–H and O–H groups in total. The van der Waals surface area contributed by atoms with Gasteiger partial charge in [0.1, 0.15) is 6.04 Å². The van der Waals surface area contributed by atoms with E-state index in [0.29, 0.717) is 21.6 Å². The monoisotopic (exact) mass is 742 g/mol. The summed E-state index contributed by atoms with van der Waals surface area (Å²) in [6.45, 7) is 0. The Bertz CT molecular complexity index is 2050. The Balaban J connectivity index is 1.36. The Labute approximate surface area is 291 Å². The highest BCUT2D eigenvalue weighted by atomic mass is 32.2. The molecule has 1 aromatic heterocycles. The number of hydrogen-bond acceptors (Lipinski definition) is 12. The number of hydrogen-bond donors (Lipinski definition) is 3. The molecule has 6 rings (SSSR count). The first-order chi connectivity index (χ1) is 24.2. The van der Waals surface area contributed by atoms with E-state index in [0.717, 1.165) is 11.5 Å². The van der Waals surface area contributed by atoms with E-state index in [1.165, 1.54) is 0 Å². The molecule has 2 aliphatic heterocycles. The number of nitrogen functional groups attached to an aromatic ring is 1. The molecule has 4 aromatic rings. The second-order valence-electron chi connectivity index (χ2n) is 11.1. The lowest BCUT2D eigenvalue weighted by Crippen LogP contribution is -2.72. The molecule has 0 aliphatic carbocycles. The predicted octanol–water partition coefficient (Wildman–Crippen LogP) is 3.48. The number of carboxylic acids is 1. The van der Waals surface area contributed by atoms with Crippen molar-refractivity contribution in [1.29, 1.82) is 0 Å². The third kappa shape index (κ3) is 6.47. The summed E-state index contributed by atoms with van der Waals surface area (Å²) >= 11 is 0.751. The highest BCUT2D eigenvalue weighted by molar-refractivity contribution is 7.87. The van der Waals surface area contributed by atoms with Crippen LogP contribution in [0.15, 0.2) is 108 Å². The molecule has 3 heterocycles. The predicted molar refractivity (Wildman–Crippen MR) is 174 cm³/mol. The van der Waals surface area contributed by atoms with Crippen molar-refractivity contribution in [2.45, 2.75) is 36.0 Å². The van der Waals surface area contributed by atoms with Crippen molar-refractivity contribution in [1.82, 2.24) is 19.6 Å². The lowest BCUT2D eigenvalue weighted by molar-refractivity contribution is -0.156. The van der Waals surface area contributed by atoms with Gasteiger partial charge in [-0.05, 0) is 6.42 Å². The van der Waals surface area contributed by atoms with Crippen molar-refractivity contribution in [3.63, 3.8) is 0 Å². The fourth-order valence-corrected chi connectivity index (χ4v) is 6.76. The van der Waals surface area contributed by atoms with Crippen LogP contribution in [-0.2, 0) is 39.1 Å². The van der Waals surface area contributed by atoms with Crippen molar-refractivity contribution >= 4 is 50.3 Å². The molecule has 2 aliphatic rings. The molecule has 3 aromatic carbocycles. The standard InChI is InChI=1S/C32H25F3N6O8S2/c33-32(34,35)51(46,47)48-22-17-16-21-23(28(43)41(21)25(22)29(44)45)37-27(42)24(26-38-30(36)50-40-26)39-49-31(18-10-4-1-5-11-18,19-12-6-2-7-13-19)20-14-8-3-9-15-20/h1-15,21,23H,16-17H2,(H,37,42)(H,44,45)(H2,36,38,40)/b39-24-/t21-,23+/m1/s1. The zero-order chi connectivity index (χ0) is 36.6. The van der Waals surface area contributed by atoms with Crippen LogP contribution in [0.4, 0.5) is 18.3 Å². The van der Waals surface area contributed by atoms with Gasteiger partial charge in [-0.2, -0.15) is 30.9 Å². The van der Waals surface area contributed by atoms with E-state index < -0.39 is 74.7 Å². The number of β-lactam (4-membered cyclic amide) rings is 1. The van der Waals surface area contributed by atoms with E-state index in [1.807, 2.05) is 54.6 Å². The molecular weight excluding hydrogens is 718 g/mol. The van der Waals surface area contributed by atoms with Gasteiger partial charge in [-0.1, -0.05) is 96.2 Å². The number of fused-ring (bicyclic) bond motifs is 1. The molecule has 51 heavy (non-hydrogen) atoms. The SMILES string of the molecule is Nc1nc(/C(=N/OC(c2ccccc2)(c2ccccc2)c2ccccc2)C(=O)N[C@@H]2C(=O)N3C(C(=O)O)=C(OS(=O)(=O)C(F)(F)F)CC[C@H]23)ns1. The highest BCUT2D eigenvalue weighted by Gasteiger charge is 2.56. The number of amides is 2. The lowest BCUT2D eigenvalue weighted by Gasteiger charge is -2.49. The smallest absolute Gasteiger partial charge is 0.476 e. The molecule has 0 bridgehead atoms. The fourth-order valence-electron chi connectivity index (χ4n) is 5.80. The normalized spacial score (nSPS) is 18.1. The first-order valence-corrected chi connectivity index (χ1v) is 17.1. The number of nitrogens with zero attached hydrogens (tertiary/aromatic N) is 4. The molecule has 0 saturated carbocycles. The van der Waals surface area contributed by atoms with Gasteiger partial charge in [0, 0.05) is 34.6 Å². The second-order valence-corrected chi connectivity index (χ2v) is 13.4. The van der Waals surface area contributed by atoms with E-state index >= 15 is 0 Å². The molecule has 14 nitrogen and oxygen atoms in total. The Hall–Kier alpha value is -5.82. The largest absolute Gasteiger partial charge is 0.534 e. The summed E-state index contributed by atoms with van der Waals surface area (Å²) in [6.07, 6.45) is -0.875. The zero-order valence-electron chi connectivity index (χ0n) is 25.9. The molecule has 2 amide bonds. The maximum Gasteiger partial charge on any atom is 0.534 e. The minimum absolute atomic E-state index is 0.0262. The number of anilines is 1. The zero-order valence-corrected chi connectivity index (χ0v) is 27.5. The Morgan fingerprint density at radius 1 is 0.961 bits per heavy atom. The van der Waals surface area contributed by atoms with Gasteiger partial charge < -0.3 is 25.2 Å². The maximum atomic E-state index is 13.9. The van der Waals surface area contributed by atoms with Gasteiger partial charge in [0.25, 0.3) is 11.8 Å². The number of rotatable bonds is 11. The topological polar surface area (TPSA) is 203 Å². The summed E-state index contributed by atoms with van der Waals surface area (Å²) in [6, 6.07) is 24.6. The minimum Gasteiger partial charge on any atom is -0.476 e. The molecule has 1 fully saturated rings. The van der Waals surface area contributed by atoms with E-state index in [4.69, 9.17) is 10.6 Å². The highest BCUT2D eigenvalue weighted by Crippen LogP contribution is 2.42. The second kappa shape index (κ2) is 13.5. The summed E-state index contributed by atoms with van der Waals surface area (Å²) in [5.41, 5.74) is -1.20. The summed E-state index contributed by atoms with van der Waals surface area (Å²) in [4.78, 5) is 50.2. The number of oxime groups is 1. The third-order valence-corrected chi connectivity index (χ3v) is 9.59. The van der Waals surface area contributed by atoms with Crippen LogP contribution in [0.5, 0.6) is 0 Å². The van der Waals surface area contributed by atoms with Crippen molar-refractivity contribution in [2.75, 3.05) is 5.73 Å². The summed E-state index contributed by atoms with van der Waals surface area (Å²) in [5.74, 6) is -5.34. The Morgan fingerprint density at radius 2 is 1.49 bits per heavy atom. The number of allylic oxidation sites excluding steroid dienone is 1. The van der Waals surface area contributed by atoms with Crippen LogP contribution in [0.2, 0.25) is 0 Å². The number of benzene rings is 3. The van der Waals surface area contributed by atoms with Crippen LogP contribution in [0.25, 0.3) is 0 Å². The van der Waals surface area contributed by atoms with E-state index in [-0.39, 0.29) is 17.4 Å². The van der Waals surface area contributed by atoms with Crippen LogP contribution < -0.4 is 11.1 Å². The number of alkyl halides is 3. The molecular formula is C32H25F3N6O8S2. The molecule has 1 saturated heterocycles. The average molecular weight is 743 g/mol. The van der Waals surface area contributed by atoms with Crippen molar-refractivity contribution < 1.29 is 50.1 Å². The third-order valence-electron chi connectivity index (χ3n) is 8.06. The van der Waals surface area contributed by atoms with Crippen molar-refractivity contribution in [3.05, 3.63) is 125 Å². The first kappa shape index (κ1) is 35.0. The van der Waals surface area contributed by atoms with Crippen LogP contribution >= 0.6 is 11.5 Å². The molecule has 0 spiro atoms. The Morgan fingerprint density at radius 3 is 1.94 bits per heavy atom. The van der Waals surface area contributed by atoms with Gasteiger partial charge in [-0.25, -0.2) is 4.79 Å². The maximum absolute atomic E-state index is 13.9. The lowest BCUT2D eigenvalue weighted by atomic mass is 9.80. The van der Waals surface area contributed by atoms with Crippen LogP contribution in [0.3, 0.4) is 0 Å². The molecule has 2 atom stereocenters. The van der Waals surface area contributed by atoms with Gasteiger partial charge in [0.05, 0.1) is 6.04 Å². The number of nitrogens with one attached hydrogen (secondary N) is 1. The van der Waals surface area contributed by atoms with Gasteiger partial charge in [-0.15, -0.1) is 0 Å². The number of aromatic nitrogens is 2.